The maximum absolute atomic E-state index is 13.4. The van der Waals surface area contributed by atoms with Gasteiger partial charge in [0, 0.05) is 5.56 Å². The molecule has 0 saturated carbocycles. The third-order valence-corrected chi connectivity index (χ3v) is 2.25. The molecule has 3 nitrogen and oxygen atoms in total. The van der Waals surface area contributed by atoms with E-state index in [4.69, 9.17) is 22.4 Å². The molecule has 1 rings (SSSR count). The molecule has 76 valence electrons. The van der Waals surface area contributed by atoms with Crippen molar-refractivity contribution in [1.82, 2.24) is 0 Å². The summed E-state index contributed by atoms with van der Waals surface area (Å²) in [6.45, 7) is 1.21. The summed E-state index contributed by atoms with van der Waals surface area (Å²) in [6, 6.07) is 4.09. The van der Waals surface area contributed by atoms with Crippen LogP contribution in [0.1, 0.15) is 12.5 Å². The van der Waals surface area contributed by atoms with E-state index in [1.165, 1.54) is 25.1 Å². The van der Waals surface area contributed by atoms with E-state index in [9.17, 15) is 9.18 Å². The number of rotatable bonds is 2. The number of carboxylic acid groups (broad SMARTS) is 1. The van der Waals surface area contributed by atoms with Crippen molar-refractivity contribution in [2.75, 3.05) is 0 Å². The Labute approximate surface area is 85.3 Å². The second-order valence-electron chi connectivity index (χ2n) is 3.11. The van der Waals surface area contributed by atoms with Crippen molar-refractivity contribution in [1.29, 1.82) is 0 Å². The highest BCUT2D eigenvalue weighted by Crippen LogP contribution is 2.26. The molecular weight excluding hydrogens is 209 g/mol. The van der Waals surface area contributed by atoms with Crippen molar-refractivity contribution in [3.63, 3.8) is 0 Å². The standard InChI is InChI=1S/C9H9ClFNO2/c1-9(12,8(13)14)5-3-2-4-6(10)7(5)11/h2-4H,12H2,1H3,(H,13,14)/t9-/m1/s1. The molecular formula is C9H9ClFNO2. The van der Waals surface area contributed by atoms with E-state index in [2.05, 4.69) is 0 Å². The van der Waals surface area contributed by atoms with Crippen molar-refractivity contribution < 1.29 is 14.3 Å². The maximum Gasteiger partial charge on any atom is 0.328 e. The number of halogens is 2. The molecule has 0 aliphatic rings. The van der Waals surface area contributed by atoms with E-state index >= 15 is 0 Å². The van der Waals surface area contributed by atoms with Crippen LogP contribution < -0.4 is 5.73 Å². The molecule has 0 aliphatic carbocycles. The van der Waals surface area contributed by atoms with E-state index in [0.29, 0.717) is 0 Å². The van der Waals surface area contributed by atoms with Crippen molar-refractivity contribution in [2.45, 2.75) is 12.5 Å². The topological polar surface area (TPSA) is 63.3 Å². The van der Waals surface area contributed by atoms with E-state index < -0.39 is 17.3 Å². The van der Waals surface area contributed by atoms with Gasteiger partial charge < -0.3 is 10.8 Å². The number of hydrogen-bond donors (Lipinski definition) is 2. The van der Waals surface area contributed by atoms with Gasteiger partial charge in [-0.05, 0) is 13.0 Å². The van der Waals surface area contributed by atoms with Gasteiger partial charge in [0.05, 0.1) is 5.02 Å². The molecule has 1 atom stereocenters. The fourth-order valence-electron chi connectivity index (χ4n) is 1.02. The molecule has 0 radical (unpaired) electrons. The summed E-state index contributed by atoms with van der Waals surface area (Å²) in [6.07, 6.45) is 0. The fourth-order valence-corrected chi connectivity index (χ4v) is 1.19. The van der Waals surface area contributed by atoms with Gasteiger partial charge in [-0.15, -0.1) is 0 Å². The second-order valence-corrected chi connectivity index (χ2v) is 3.52. The van der Waals surface area contributed by atoms with E-state index in [0.717, 1.165) is 0 Å². The van der Waals surface area contributed by atoms with Gasteiger partial charge in [-0.1, -0.05) is 23.7 Å². The van der Waals surface area contributed by atoms with Gasteiger partial charge in [0.2, 0.25) is 0 Å². The summed E-state index contributed by atoms with van der Waals surface area (Å²) in [7, 11) is 0. The third-order valence-electron chi connectivity index (χ3n) is 1.96. The molecule has 0 amide bonds. The summed E-state index contributed by atoms with van der Waals surface area (Å²) >= 11 is 5.50. The normalized spacial score (nSPS) is 14.9. The van der Waals surface area contributed by atoms with Gasteiger partial charge in [-0.3, -0.25) is 0 Å². The predicted molar refractivity (Wildman–Crippen MR) is 50.6 cm³/mol. The van der Waals surface area contributed by atoms with Crippen molar-refractivity contribution >= 4 is 17.6 Å². The molecule has 3 N–H and O–H groups in total. The first-order chi connectivity index (χ1) is 6.37. The largest absolute Gasteiger partial charge is 0.480 e. The van der Waals surface area contributed by atoms with Crippen LogP contribution in [0.4, 0.5) is 4.39 Å². The van der Waals surface area contributed by atoms with Crippen LogP contribution in [0.5, 0.6) is 0 Å². The second kappa shape index (κ2) is 3.55. The lowest BCUT2D eigenvalue weighted by Crippen LogP contribution is -2.42. The Morgan fingerprint density at radius 3 is 2.71 bits per heavy atom. The number of carboxylic acids is 1. The molecule has 0 spiro atoms. The zero-order chi connectivity index (χ0) is 10.9. The highest BCUT2D eigenvalue weighted by Gasteiger charge is 2.33. The number of hydrogen-bond acceptors (Lipinski definition) is 2. The Balaban J connectivity index is 3.33. The zero-order valence-electron chi connectivity index (χ0n) is 7.42. The van der Waals surface area contributed by atoms with Crippen LogP contribution >= 0.6 is 11.6 Å². The molecule has 14 heavy (non-hydrogen) atoms. The van der Waals surface area contributed by atoms with E-state index in [1.54, 1.807) is 0 Å². The minimum atomic E-state index is -1.77. The summed E-state index contributed by atoms with van der Waals surface area (Å²) in [5, 5.41) is 8.64. The van der Waals surface area contributed by atoms with E-state index in [1.807, 2.05) is 0 Å². The Morgan fingerprint density at radius 1 is 1.64 bits per heavy atom. The Kier molecular flexibility index (Phi) is 2.78. The van der Waals surface area contributed by atoms with Crippen LogP contribution in [0.15, 0.2) is 18.2 Å². The Bertz CT molecular complexity index is 379. The van der Waals surface area contributed by atoms with E-state index in [-0.39, 0.29) is 10.6 Å². The first-order valence-corrected chi connectivity index (χ1v) is 4.22. The van der Waals surface area contributed by atoms with Gasteiger partial charge in [-0.2, -0.15) is 0 Å². The van der Waals surface area contributed by atoms with Crippen LogP contribution in [0.3, 0.4) is 0 Å². The van der Waals surface area contributed by atoms with Crippen molar-refractivity contribution in [3.8, 4) is 0 Å². The number of nitrogens with two attached hydrogens (primary N) is 1. The third kappa shape index (κ3) is 1.71. The zero-order valence-corrected chi connectivity index (χ0v) is 8.18. The predicted octanol–water partition coefficient (Wildman–Crippen LogP) is 1.74. The lowest BCUT2D eigenvalue weighted by atomic mass is 9.93. The minimum absolute atomic E-state index is 0.127. The molecule has 5 heteroatoms. The molecule has 0 heterocycles. The van der Waals surface area contributed by atoms with Crippen LogP contribution in [0.2, 0.25) is 5.02 Å². The highest BCUT2D eigenvalue weighted by molar-refractivity contribution is 6.30. The van der Waals surface area contributed by atoms with Gasteiger partial charge in [0.15, 0.2) is 0 Å². The summed E-state index contributed by atoms with van der Waals surface area (Å²) < 4.78 is 13.4. The number of benzene rings is 1. The van der Waals surface area contributed by atoms with Gasteiger partial charge in [-0.25, -0.2) is 9.18 Å². The molecule has 0 bridgehead atoms. The Morgan fingerprint density at radius 2 is 2.21 bits per heavy atom. The minimum Gasteiger partial charge on any atom is -0.480 e. The molecule has 0 aliphatic heterocycles. The van der Waals surface area contributed by atoms with Crippen LogP contribution in [-0.4, -0.2) is 11.1 Å². The van der Waals surface area contributed by atoms with Crippen molar-refractivity contribution in [3.05, 3.63) is 34.6 Å². The summed E-state index contributed by atoms with van der Waals surface area (Å²) in [5.74, 6) is -2.10. The van der Waals surface area contributed by atoms with Gasteiger partial charge in [0.1, 0.15) is 11.4 Å². The first kappa shape index (κ1) is 10.9. The first-order valence-electron chi connectivity index (χ1n) is 3.84. The molecule has 1 aromatic rings. The lowest BCUT2D eigenvalue weighted by Gasteiger charge is -2.20. The molecule has 0 saturated heterocycles. The molecule has 0 aromatic heterocycles. The average Bonchev–Trinajstić information content (AvgIpc) is 2.09. The molecule has 0 fully saturated rings. The van der Waals surface area contributed by atoms with Crippen molar-refractivity contribution in [2.24, 2.45) is 5.73 Å². The number of carbonyl (C=O) groups is 1. The van der Waals surface area contributed by atoms with Crippen LogP contribution in [0, 0.1) is 5.82 Å². The molecule has 0 unspecified atom stereocenters. The highest BCUT2D eigenvalue weighted by atomic mass is 35.5. The summed E-state index contributed by atoms with van der Waals surface area (Å²) in [5.41, 5.74) is 3.56. The quantitative estimate of drug-likeness (QED) is 0.793. The fraction of sp³-hybridized carbons (Fsp3) is 0.222. The van der Waals surface area contributed by atoms with Crippen LogP contribution in [0.25, 0.3) is 0 Å². The van der Waals surface area contributed by atoms with Gasteiger partial charge in [0.25, 0.3) is 0 Å². The molecule has 1 aromatic carbocycles. The summed E-state index contributed by atoms with van der Waals surface area (Å²) in [4.78, 5) is 10.8. The lowest BCUT2D eigenvalue weighted by molar-refractivity contribution is -0.143. The average molecular weight is 218 g/mol. The van der Waals surface area contributed by atoms with Crippen LogP contribution in [-0.2, 0) is 10.3 Å². The maximum atomic E-state index is 13.4. The Hall–Kier alpha value is -1.13. The number of aliphatic carboxylic acids is 1. The van der Waals surface area contributed by atoms with Gasteiger partial charge >= 0.3 is 5.97 Å². The SMILES string of the molecule is C[C@](N)(C(=O)O)c1cccc(Cl)c1F. The monoisotopic (exact) mass is 217 g/mol. The smallest absolute Gasteiger partial charge is 0.328 e.